The molecule has 0 aliphatic carbocycles. The Morgan fingerprint density at radius 2 is 2.22 bits per heavy atom. The van der Waals surface area contributed by atoms with Gasteiger partial charge >= 0.3 is 5.97 Å². The molecule has 1 fully saturated rings. The third-order valence-corrected chi connectivity index (χ3v) is 4.08. The first-order chi connectivity index (χ1) is 8.70. The van der Waals surface area contributed by atoms with Crippen LogP contribution in [0.15, 0.2) is 30.3 Å². The van der Waals surface area contributed by atoms with Crippen molar-refractivity contribution in [1.82, 2.24) is 4.90 Å². The number of carbonyl (C=O) groups is 1. The lowest BCUT2D eigenvalue weighted by Gasteiger charge is -2.18. The van der Waals surface area contributed by atoms with E-state index in [1.807, 2.05) is 6.07 Å². The van der Waals surface area contributed by atoms with Crippen molar-refractivity contribution in [2.45, 2.75) is 17.2 Å². The van der Waals surface area contributed by atoms with Gasteiger partial charge in [-0.1, -0.05) is 46.3 Å². The van der Waals surface area contributed by atoms with E-state index in [1.165, 1.54) is 12.7 Å². The van der Waals surface area contributed by atoms with Gasteiger partial charge in [-0.3, -0.25) is 4.79 Å². The average Bonchev–Trinajstić information content (AvgIpc) is 2.87. The summed E-state index contributed by atoms with van der Waals surface area (Å²) in [5, 5.41) is 0. The molecule has 0 saturated carbocycles. The molecule has 1 aliphatic rings. The van der Waals surface area contributed by atoms with E-state index in [9.17, 15) is 4.79 Å². The molecule has 2 unspecified atom stereocenters. The summed E-state index contributed by atoms with van der Waals surface area (Å²) in [4.78, 5) is 13.4. The molecule has 0 spiro atoms. The zero-order chi connectivity index (χ0) is 13.0. The van der Waals surface area contributed by atoms with Crippen LogP contribution in [-0.2, 0) is 9.53 Å². The van der Waals surface area contributed by atoms with E-state index < -0.39 is 0 Å². The first-order valence-electron chi connectivity index (χ1n) is 6.20. The Balaban J connectivity index is 1.87. The minimum absolute atomic E-state index is 0.196. The molecular formula is C14H18BrNO2. The Hall–Kier alpha value is -0.870. The van der Waals surface area contributed by atoms with E-state index in [-0.39, 0.29) is 10.8 Å². The van der Waals surface area contributed by atoms with Crippen LogP contribution >= 0.6 is 15.9 Å². The molecule has 0 radical (unpaired) electrons. The fraction of sp³-hybridized carbons (Fsp3) is 0.500. The normalized spacial score (nSPS) is 21.8. The van der Waals surface area contributed by atoms with Gasteiger partial charge in [0, 0.05) is 13.1 Å². The van der Waals surface area contributed by atoms with Crippen LogP contribution in [0.25, 0.3) is 0 Å². The average molecular weight is 312 g/mol. The van der Waals surface area contributed by atoms with Crippen molar-refractivity contribution in [3.8, 4) is 0 Å². The van der Waals surface area contributed by atoms with E-state index in [1.54, 1.807) is 0 Å². The van der Waals surface area contributed by atoms with Gasteiger partial charge in [0.25, 0.3) is 0 Å². The van der Waals surface area contributed by atoms with Gasteiger partial charge in [-0.05, 0) is 24.4 Å². The molecule has 3 nitrogen and oxygen atoms in total. The van der Waals surface area contributed by atoms with Gasteiger partial charge in [-0.2, -0.15) is 0 Å². The van der Waals surface area contributed by atoms with Crippen molar-refractivity contribution in [1.29, 1.82) is 0 Å². The highest BCUT2D eigenvalue weighted by Gasteiger charge is 2.27. The standard InChI is InChI=1S/C14H18BrNO2/c1-18-14(17)13(15)10-16-8-7-12(9-16)11-5-3-2-4-6-11/h2-6,12-13H,7-10H2,1H3. The summed E-state index contributed by atoms with van der Waals surface area (Å²) in [5.41, 5.74) is 1.39. The molecule has 1 saturated heterocycles. The van der Waals surface area contributed by atoms with Gasteiger partial charge in [-0.15, -0.1) is 0 Å². The molecule has 18 heavy (non-hydrogen) atoms. The largest absolute Gasteiger partial charge is 0.468 e. The van der Waals surface area contributed by atoms with Crippen LogP contribution < -0.4 is 0 Å². The second kappa shape index (κ2) is 6.34. The minimum atomic E-state index is -0.225. The van der Waals surface area contributed by atoms with Crippen LogP contribution in [0, 0.1) is 0 Å². The van der Waals surface area contributed by atoms with Crippen LogP contribution in [0.5, 0.6) is 0 Å². The summed E-state index contributed by atoms with van der Waals surface area (Å²) in [7, 11) is 1.42. The Morgan fingerprint density at radius 3 is 2.89 bits per heavy atom. The van der Waals surface area contributed by atoms with Crippen molar-refractivity contribution in [3.05, 3.63) is 35.9 Å². The molecule has 98 valence electrons. The number of ether oxygens (including phenoxy) is 1. The highest BCUT2D eigenvalue weighted by atomic mass is 79.9. The van der Waals surface area contributed by atoms with Crippen LogP contribution in [0.1, 0.15) is 17.9 Å². The molecule has 2 atom stereocenters. The van der Waals surface area contributed by atoms with E-state index >= 15 is 0 Å². The van der Waals surface area contributed by atoms with Crippen molar-refractivity contribution < 1.29 is 9.53 Å². The maximum Gasteiger partial charge on any atom is 0.320 e. The first kappa shape index (κ1) is 13.6. The maximum absolute atomic E-state index is 11.4. The lowest BCUT2D eigenvalue weighted by molar-refractivity contribution is -0.140. The molecular weight excluding hydrogens is 294 g/mol. The van der Waals surface area contributed by atoms with Crippen molar-refractivity contribution in [3.63, 3.8) is 0 Å². The number of methoxy groups -OCH3 is 1. The van der Waals surface area contributed by atoms with E-state index in [2.05, 4.69) is 45.1 Å². The quantitative estimate of drug-likeness (QED) is 0.632. The van der Waals surface area contributed by atoms with E-state index in [0.717, 1.165) is 26.1 Å². The number of benzene rings is 1. The predicted molar refractivity (Wildman–Crippen MR) is 75.0 cm³/mol. The number of carbonyl (C=O) groups excluding carboxylic acids is 1. The molecule has 0 aromatic heterocycles. The molecule has 1 aliphatic heterocycles. The smallest absolute Gasteiger partial charge is 0.320 e. The van der Waals surface area contributed by atoms with Gasteiger partial charge in [0.1, 0.15) is 4.83 Å². The number of nitrogens with zero attached hydrogens (tertiary/aromatic N) is 1. The van der Waals surface area contributed by atoms with Crippen LogP contribution in [0.2, 0.25) is 0 Å². The Bertz CT molecular complexity index is 396. The monoisotopic (exact) mass is 311 g/mol. The fourth-order valence-corrected chi connectivity index (χ4v) is 3.02. The highest BCUT2D eigenvalue weighted by molar-refractivity contribution is 9.10. The van der Waals surface area contributed by atoms with Gasteiger partial charge in [0.05, 0.1) is 7.11 Å². The van der Waals surface area contributed by atoms with Crippen molar-refractivity contribution in [2.24, 2.45) is 0 Å². The number of alkyl halides is 1. The first-order valence-corrected chi connectivity index (χ1v) is 7.11. The van der Waals surface area contributed by atoms with Crippen LogP contribution in [0.4, 0.5) is 0 Å². The maximum atomic E-state index is 11.4. The summed E-state index contributed by atoms with van der Waals surface area (Å²) in [6.45, 7) is 2.78. The van der Waals surface area contributed by atoms with Gasteiger partial charge < -0.3 is 9.64 Å². The molecule has 1 heterocycles. The van der Waals surface area contributed by atoms with Gasteiger partial charge in [-0.25, -0.2) is 0 Å². The summed E-state index contributed by atoms with van der Waals surface area (Å²) >= 11 is 3.37. The summed E-state index contributed by atoms with van der Waals surface area (Å²) < 4.78 is 4.72. The zero-order valence-electron chi connectivity index (χ0n) is 10.5. The van der Waals surface area contributed by atoms with E-state index in [0.29, 0.717) is 5.92 Å². The van der Waals surface area contributed by atoms with E-state index in [4.69, 9.17) is 4.74 Å². The molecule has 2 rings (SSSR count). The molecule has 4 heteroatoms. The van der Waals surface area contributed by atoms with Crippen molar-refractivity contribution in [2.75, 3.05) is 26.7 Å². The SMILES string of the molecule is COC(=O)C(Br)CN1CCC(c2ccccc2)C1. The Kier molecular flexibility index (Phi) is 4.78. The number of halogens is 1. The number of esters is 1. The number of hydrogen-bond acceptors (Lipinski definition) is 3. The highest BCUT2D eigenvalue weighted by Crippen LogP contribution is 2.27. The zero-order valence-corrected chi connectivity index (χ0v) is 12.1. The van der Waals surface area contributed by atoms with Crippen LogP contribution in [0.3, 0.4) is 0 Å². The third kappa shape index (κ3) is 3.33. The summed E-state index contributed by atoms with van der Waals surface area (Å²) in [5.74, 6) is 0.390. The van der Waals surface area contributed by atoms with Gasteiger partial charge in [0.15, 0.2) is 0 Å². The Morgan fingerprint density at radius 1 is 1.50 bits per heavy atom. The third-order valence-electron chi connectivity index (χ3n) is 3.42. The molecule has 0 N–H and O–H groups in total. The fourth-order valence-electron chi connectivity index (χ4n) is 2.42. The minimum Gasteiger partial charge on any atom is -0.468 e. The number of hydrogen-bond donors (Lipinski definition) is 0. The van der Waals surface area contributed by atoms with Gasteiger partial charge in [0.2, 0.25) is 0 Å². The molecule has 1 aromatic carbocycles. The Labute approximate surface area is 116 Å². The lowest BCUT2D eigenvalue weighted by atomic mass is 9.99. The number of rotatable bonds is 4. The topological polar surface area (TPSA) is 29.5 Å². The summed E-state index contributed by atoms with van der Waals surface area (Å²) in [6.07, 6.45) is 1.16. The second-order valence-corrected chi connectivity index (χ2v) is 5.75. The molecule has 0 bridgehead atoms. The lowest BCUT2D eigenvalue weighted by Crippen LogP contribution is -2.32. The van der Waals surface area contributed by atoms with Crippen molar-refractivity contribution >= 4 is 21.9 Å². The summed E-state index contributed by atoms with van der Waals surface area (Å²) in [6, 6.07) is 10.6. The number of likely N-dealkylation sites (tertiary alicyclic amines) is 1. The molecule has 0 amide bonds. The van der Waals surface area contributed by atoms with Crippen LogP contribution in [-0.4, -0.2) is 42.4 Å². The predicted octanol–water partition coefficient (Wildman–Crippen LogP) is 2.41. The second-order valence-electron chi connectivity index (χ2n) is 4.65. The molecule has 1 aromatic rings.